The molecular weight excluding hydrogens is 339 g/mol. The standard InChI is InChI=1S/C11H8BrFN2O3S/c12-10-3-8(2-1-7(10)5-14)15-6-9(4-11(15)16)19(13,17)18/h1-3,9H,4,6H2. The molecule has 0 aromatic heterocycles. The fraction of sp³-hybridized carbons (Fsp3) is 0.273. The predicted octanol–water partition coefficient (Wildman–Crippen LogP) is 1.73. The molecule has 1 aliphatic rings. The Morgan fingerprint density at radius 2 is 2.16 bits per heavy atom. The van der Waals surface area contributed by atoms with Crippen molar-refractivity contribution in [2.75, 3.05) is 11.4 Å². The van der Waals surface area contributed by atoms with Gasteiger partial charge < -0.3 is 4.90 Å². The minimum absolute atomic E-state index is 0.212. The van der Waals surface area contributed by atoms with E-state index in [2.05, 4.69) is 15.9 Å². The first kappa shape index (κ1) is 14.0. The van der Waals surface area contributed by atoms with Crippen molar-refractivity contribution in [3.63, 3.8) is 0 Å². The number of halogens is 2. The summed E-state index contributed by atoms with van der Waals surface area (Å²) in [6, 6.07) is 6.51. The van der Waals surface area contributed by atoms with E-state index in [9.17, 15) is 17.1 Å². The molecule has 1 heterocycles. The van der Waals surface area contributed by atoms with Gasteiger partial charge in [-0.1, -0.05) is 0 Å². The van der Waals surface area contributed by atoms with Crippen LogP contribution in [0.5, 0.6) is 0 Å². The van der Waals surface area contributed by atoms with E-state index in [1.165, 1.54) is 23.1 Å². The zero-order valence-corrected chi connectivity index (χ0v) is 11.9. The summed E-state index contributed by atoms with van der Waals surface area (Å²) in [6.07, 6.45) is -0.365. The lowest BCUT2D eigenvalue weighted by atomic mass is 10.2. The zero-order chi connectivity index (χ0) is 14.2. The van der Waals surface area contributed by atoms with Crippen molar-refractivity contribution in [3.05, 3.63) is 28.2 Å². The quantitative estimate of drug-likeness (QED) is 0.764. The van der Waals surface area contributed by atoms with E-state index >= 15 is 0 Å². The molecule has 100 valence electrons. The van der Waals surface area contributed by atoms with Crippen LogP contribution in [0.4, 0.5) is 9.57 Å². The topological polar surface area (TPSA) is 78.2 Å². The molecule has 1 aromatic carbocycles. The monoisotopic (exact) mass is 346 g/mol. The van der Waals surface area contributed by atoms with Crippen molar-refractivity contribution >= 4 is 37.7 Å². The van der Waals surface area contributed by atoms with Crippen LogP contribution in [0.1, 0.15) is 12.0 Å². The SMILES string of the molecule is N#Cc1ccc(N2CC(S(=O)(=O)F)CC2=O)cc1Br. The van der Waals surface area contributed by atoms with Crippen LogP contribution in [0.3, 0.4) is 0 Å². The van der Waals surface area contributed by atoms with Crippen LogP contribution >= 0.6 is 15.9 Å². The largest absolute Gasteiger partial charge is 0.311 e. The first-order valence-electron chi connectivity index (χ1n) is 5.26. The lowest BCUT2D eigenvalue weighted by Gasteiger charge is -2.16. The summed E-state index contributed by atoms with van der Waals surface area (Å²) in [5, 5.41) is 7.46. The highest BCUT2D eigenvalue weighted by Gasteiger charge is 2.39. The van der Waals surface area contributed by atoms with Crippen molar-refractivity contribution in [1.29, 1.82) is 5.26 Å². The molecule has 0 radical (unpaired) electrons. The van der Waals surface area contributed by atoms with E-state index < -0.39 is 21.4 Å². The van der Waals surface area contributed by atoms with Crippen molar-refractivity contribution in [1.82, 2.24) is 0 Å². The Bertz CT molecular complexity index is 684. The van der Waals surface area contributed by atoms with Gasteiger partial charge in [0, 0.05) is 23.1 Å². The highest BCUT2D eigenvalue weighted by atomic mass is 79.9. The van der Waals surface area contributed by atoms with E-state index in [4.69, 9.17) is 5.26 Å². The lowest BCUT2D eigenvalue weighted by molar-refractivity contribution is -0.117. The van der Waals surface area contributed by atoms with Gasteiger partial charge in [0.1, 0.15) is 11.3 Å². The fourth-order valence-corrected chi connectivity index (χ4v) is 3.00. The Hall–Kier alpha value is -1.46. The Balaban J connectivity index is 2.31. The number of hydrogen-bond acceptors (Lipinski definition) is 4. The molecule has 5 nitrogen and oxygen atoms in total. The zero-order valence-electron chi connectivity index (χ0n) is 9.51. The van der Waals surface area contributed by atoms with Gasteiger partial charge in [-0.3, -0.25) is 4.79 Å². The third-order valence-electron chi connectivity index (χ3n) is 2.87. The minimum atomic E-state index is -4.73. The first-order valence-corrected chi connectivity index (χ1v) is 7.50. The maximum atomic E-state index is 12.9. The van der Waals surface area contributed by atoms with Gasteiger partial charge in [-0.05, 0) is 34.1 Å². The van der Waals surface area contributed by atoms with Crippen LogP contribution in [0.25, 0.3) is 0 Å². The number of benzene rings is 1. The molecule has 1 aliphatic heterocycles. The second-order valence-corrected chi connectivity index (χ2v) is 6.55. The van der Waals surface area contributed by atoms with Crippen LogP contribution in [-0.2, 0) is 15.0 Å². The normalized spacial score (nSPS) is 19.5. The molecule has 0 bridgehead atoms. The van der Waals surface area contributed by atoms with Crippen molar-refractivity contribution in [2.24, 2.45) is 0 Å². The molecule has 0 saturated carbocycles. The average Bonchev–Trinajstić information content (AvgIpc) is 2.71. The Kier molecular flexibility index (Phi) is 3.60. The van der Waals surface area contributed by atoms with E-state index in [-0.39, 0.29) is 13.0 Å². The van der Waals surface area contributed by atoms with Gasteiger partial charge in [-0.25, -0.2) is 0 Å². The summed E-state index contributed by atoms with van der Waals surface area (Å²) in [4.78, 5) is 12.9. The van der Waals surface area contributed by atoms with Crippen LogP contribution in [0, 0.1) is 11.3 Å². The number of anilines is 1. The number of rotatable bonds is 2. The van der Waals surface area contributed by atoms with Gasteiger partial charge in [-0.15, -0.1) is 3.89 Å². The number of nitriles is 1. The van der Waals surface area contributed by atoms with Crippen molar-refractivity contribution in [2.45, 2.75) is 11.7 Å². The fourth-order valence-electron chi connectivity index (χ4n) is 1.88. The third kappa shape index (κ3) is 2.77. The average molecular weight is 347 g/mol. The maximum absolute atomic E-state index is 12.9. The number of hydrogen-bond donors (Lipinski definition) is 0. The molecule has 0 aliphatic carbocycles. The molecule has 1 fully saturated rings. The summed E-state index contributed by atoms with van der Waals surface area (Å²) >= 11 is 3.18. The van der Waals surface area contributed by atoms with Gasteiger partial charge in [0.05, 0.1) is 5.56 Å². The van der Waals surface area contributed by atoms with Crippen LogP contribution in [-0.4, -0.2) is 26.1 Å². The second-order valence-electron chi connectivity index (χ2n) is 4.08. The number of carbonyl (C=O) groups excluding carboxylic acids is 1. The summed E-state index contributed by atoms with van der Waals surface area (Å²) < 4.78 is 35.0. The van der Waals surface area contributed by atoms with Crippen LogP contribution in [0.2, 0.25) is 0 Å². The molecule has 1 atom stereocenters. The number of nitrogens with zero attached hydrogens (tertiary/aromatic N) is 2. The molecular formula is C11H8BrFN2O3S. The Labute approximate surface area is 118 Å². The Morgan fingerprint density at radius 3 is 2.63 bits per heavy atom. The number of amides is 1. The summed E-state index contributed by atoms with van der Waals surface area (Å²) in [5.74, 6) is -0.456. The smallest absolute Gasteiger partial charge is 0.307 e. The van der Waals surface area contributed by atoms with E-state index in [0.717, 1.165) is 0 Å². The highest BCUT2D eigenvalue weighted by molar-refractivity contribution is 9.10. The van der Waals surface area contributed by atoms with Gasteiger partial charge in [0.15, 0.2) is 0 Å². The van der Waals surface area contributed by atoms with Crippen molar-refractivity contribution in [3.8, 4) is 6.07 Å². The number of carbonyl (C=O) groups is 1. The molecule has 19 heavy (non-hydrogen) atoms. The van der Waals surface area contributed by atoms with Gasteiger partial charge in [-0.2, -0.15) is 13.7 Å². The molecule has 0 N–H and O–H groups in total. The minimum Gasteiger partial charge on any atom is -0.311 e. The summed E-state index contributed by atoms with van der Waals surface area (Å²) in [5.41, 5.74) is 0.826. The van der Waals surface area contributed by atoms with Crippen LogP contribution < -0.4 is 4.90 Å². The molecule has 1 amide bonds. The van der Waals surface area contributed by atoms with Crippen molar-refractivity contribution < 1.29 is 17.1 Å². The lowest BCUT2D eigenvalue weighted by Crippen LogP contribution is -2.26. The van der Waals surface area contributed by atoms with Gasteiger partial charge in [0.2, 0.25) is 5.91 Å². The summed E-state index contributed by atoms with van der Waals surface area (Å²) in [6.45, 7) is -0.212. The Morgan fingerprint density at radius 1 is 1.47 bits per heavy atom. The molecule has 1 unspecified atom stereocenters. The molecule has 2 rings (SSSR count). The predicted molar refractivity (Wildman–Crippen MR) is 69.6 cm³/mol. The first-order chi connectivity index (χ1) is 8.82. The van der Waals surface area contributed by atoms with E-state index in [1.54, 1.807) is 0 Å². The molecule has 1 aromatic rings. The van der Waals surface area contributed by atoms with E-state index in [0.29, 0.717) is 15.7 Å². The van der Waals surface area contributed by atoms with Gasteiger partial charge >= 0.3 is 10.2 Å². The maximum Gasteiger partial charge on any atom is 0.307 e. The summed E-state index contributed by atoms with van der Waals surface area (Å²) in [7, 11) is -4.73. The highest BCUT2D eigenvalue weighted by Crippen LogP contribution is 2.29. The molecule has 8 heteroatoms. The third-order valence-corrected chi connectivity index (χ3v) is 4.64. The molecule has 0 spiro atoms. The second kappa shape index (κ2) is 4.90. The van der Waals surface area contributed by atoms with Gasteiger partial charge in [0.25, 0.3) is 0 Å². The molecule has 1 saturated heterocycles. The van der Waals surface area contributed by atoms with E-state index in [1.807, 2.05) is 6.07 Å². The van der Waals surface area contributed by atoms with Crippen LogP contribution in [0.15, 0.2) is 22.7 Å².